The average Bonchev–Trinajstić information content (AvgIpc) is 3.11. The Morgan fingerprint density at radius 3 is 2.82 bits per heavy atom. The van der Waals surface area contributed by atoms with Crippen LogP contribution in [0.3, 0.4) is 0 Å². The average molecular weight is 511 g/mol. The minimum Gasteiger partial charge on any atom is -0.467 e. The number of Topliss-reactive ketones (excluding diaryl/α,β-unsaturated/α-hetero) is 1. The van der Waals surface area contributed by atoms with E-state index in [1.165, 1.54) is 24.3 Å². The molecule has 0 bridgehead atoms. The summed E-state index contributed by atoms with van der Waals surface area (Å²) in [6, 6.07) is 12.0. The van der Waals surface area contributed by atoms with Crippen LogP contribution < -0.4 is 14.2 Å². The molecule has 33 heavy (non-hydrogen) atoms. The molecule has 0 aliphatic carbocycles. The van der Waals surface area contributed by atoms with Crippen molar-refractivity contribution in [3.05, 3.63) is 92.4 Å². The number of allylic oxidation sites excluding steroid dienone is 1. The Labute approximate surface area is 196 Å². The zero-order chi connectivity index (χ0) is 23.1. The predicted octanol–water partition coefficient (Wildman–Crippen LogP) is 5.60. The van der Waals surface area contributed by atoms with Gasteiger partial charge in [-0.2, -0.15) is 0 Å². The molecule has 5 rings (SSSR count). The smallest absolute Gasteiger partial charge is 0.343 e. The Bertz CT molecular complexity index is 1350. The van der Waals surface area contributed by atoms with Gasteiger partial charge in [0, 0.05) is 21.2 Å². The number of benzene rings is 3. The molecule has 0 radical (unpaired) electrons. The summed E-state index contributed by atoms with van der Waals surface area (Å²) < 4.78 is 36.5. The van der Waals surface area contributed by atoms with Crippen LogP contribution in [0, 0.1) is 12.7 Å². The van der Waals surface area contributed by atoms with Gasteiger partial charge < -0.3 is 18.9 Å². The van der Waals surface area contributed by atoms with Crippen molar-refractivity contribution in [1.82, 2.24) is 0 Å². The maximum Gasteiger partial charge on any atom is 0.343 e. The van der Waals surface area contributed by atoms with Gasteiger partial charge in [-0.25, -0.2) is 9.18 Å². The third-order valence-electron chi connectivity index (χ3n) is 5.29. The number of carbonyl (C=O) groups is 2. The van der Waals surface area contributed by atoms with Gasteiger partial charge in [-0.05, 0) is 55.5 Å². The van der Waals surface area contributed by atoms with Crippen LogP contribution in [0.1, 0.15) is 37.4 Å². The van der Waals surface area contributed by atoms with Gasteiger partial charge in [0.15, 0.2) is 12.6 Å². The summed E-state index contributed by atoms with van der Waals surface area (Å²) in [7, 11) is 0. The normalized spacial score (nSPS) is 15.5. The van der Waals surface area contributed by atoms with Gasteiger partial charge in [-0.15, -0.1) is 0 Å². The van der Waals surface area contributed by atoms with E-state index in [0.29, 0.717) is 34.8 Å². The van der Waals surface area contributed by atoms with Crippen molar-refractivity contribution in [1.29, 1.82) is 0 Å². The van der Waals surface area contributed by atoms with E-state index in [0.717, 1.165) is 16.1 Å². The van der Waals surface area contributed by atoms with Crippen molar-refractivity contribution in [3.8, 4) is 17.2 Å². The van der Waals surface area contributed by atoms with E-state index in [9.17, 15) is 14.0 Å². The highest BCUT2D eigenvalue weighted by atomic mass is 79.9. The quantitative estimate of drug-likeness (QED) is 0.259. The first-order chi connectivity index (χ1) is 15.9. The Hall–Kier alpha value is -3.49. The highest BCUT2D eigenvalue weighted by Crippen LogP contribution is 2.41. The minimum atomic E-state index is -0.710. The zero-order valence-corrected chi connectivity index (χ0v) is 18.9. The van der Waals surface area contributed by atoms with Gasteiger partial charge in [-0.3, -0.25) is 4.79 Å². The maximum absolute atomic E-state index is 13.4. The molecular formula is C25H16BrFO6. The van der Waals surface area contributed by atoms with E-state index in [4.69, 9.17) is 18.9 Å². The van der Waals surface area contributed by atoms with Gasteiger partial charge in [-0.1, -0.05) is 22.0 Å². The number of esters is 1. The summed E-state index contributed by atoms with van der Waals surface area (Å²) in [5.74, 6) is -0.261. The highest BCUT2D eigenvalue weighted by Gasteiger charge is 2.31. The number of ketones is 1. The second-order valence-electron chi connectivity index (χ2n) is 7.50. The third-order valence-corrected chi connectivity index (χ3v) is 5.75. The van der Waals surface area contributed by atoms with Crippen LogP contribution in [0.2, 0.25) is 0 Å². The molecule has 2 heterocycles. The summed E-state index contributed by atoms with van der Waals surface area (Å²) in [5, 5.41) is 0. The van der Waals surface area contributed by atoms with Crippen molar-refractivity contribution < 1.29 is 32.9 Å². The Morgan fingerprint density at radius 1 is 1.15 bits per heavy atom. The topological polar surface area (TPSA) is 71.1 Å². The van der Waals surface area contributed by atoms with Gasteiger partial charge in [0.1, 0.15) is 23.1 Å². The Balaban J connectivity index is 1.45. The molecule has 0 atom stereocenters. The summed E-state index contributed by atoms with van der Waals surface area (Å²) in [5.41, 5.74) is 2.45. The fraction of sp³-hybridized carbons (Fsp3) is 0.120. The molecule has 0 spiro atoms. The van der Waals surface area contributed by atoms with Gasteiger partial charge in [0.25, 0.3) is 0 Å². The standard InChI is InChI=1S/C25H16BrFO6/c1-13-20(33-25(29)14-3-2-4-18(27)9-14)6-5-19-22(28)21(32-23(13)19)10-15-7-17(26)8-16-11-30-12-31-24(15)16/h2-10H,11-12H2,1H3/b21-10-. The number of rotatable bonds is 3. The Kier molecular flexibility index (Phi) is 5.47. The molecular weight excluding hydrogens is 495 g/mol. The molecule has 0 N–H and O–H groups in total. The highest BCUT2D eigenvalue weighted by molar-refractivity contribution is 9.10. The number of hydrogen-bond acceptors (Lipinski definition) is 6. The van der Waals surface area contributed by atoms with Crippen molar-refractivity contribution >= 4 is 33.8 Å². The molecule has 0 aromatic heterocycles. The van der Waals surface area contributed by atoms with E-state index >= 15 is 0 Å². The number of halogens is 2. The first kappa shape index (κ1) is 21.4. The number of carbonyl (C=O) groups excluding carboxylic acids is 2. The van der Waals surface area contributed by atoms with Crippen LogP contribution in [0.5, 0.6) is 17.2 Å². The molecule has 0 unspecified atom stereocenters. The summed E-state index contributed by atoms with van der Waals surface area (Å²) in [6.07, 6.45) is 1.62. The summed E-state index contributed by atoms with van der Waals surface area (Å²) in [4.78, 5) is 25.4. The van der Waals surface area contributed by atoms with Crippen molar-refractivity contribution in [3.63, 3.8) is 0 Å². The van der Waals surface area contributed by atoms with Crippen LogP contribution in [-0.4, -0.2) is 18.5 Å². The lowest BCUT2D eigenvalue weighted by molar-refractivity contribution is -0.0165. The van der Waals surface area contributed by atoms with Crippen molar-refractivity contribution in [2.45, 2.75) is 13.5 Å². The van der Waals surface area contributed by atoms with Crippen LogP contribution in [0.4, 0.5) is 4.39 Å². The van der Waals surface area contributed by atoms with E-state index in [1.807, 2.05) is 12.1 Å². The van der Waals surface area contributed by atoms with Crippen LogP contribution in [0.25, 0.3) is 6.08 Å². The molecule has 8 heteroatoms. The number of ether oxygens (including phenoxy) is 4. The molecule has 0 fully saturated rings. The van der Waals surface area contributed by atoms with Crippen LogP contribution in [-0.2, 0) is 11.3 Å². The molecule has 6 nitrogen and oxygen atoms in total. The largest absolute Gasteiger partial charge is 0.467 e. The first-order valence-electron chi connectivity index (χ1n) is 9.99. The second-order valence-corrected chi connectivity index (χ2v) is 8.41. The fourth-order valence-electron chi connectivity index (χ4n) is 3.71. The lowest BCUT2D eigenvalue weighted by Gasteiger charge is -2.20. The maximum atomic E-state index is 13.4. The molecule has 3 aromatic rings. The van der Waals surface area contributed by atoms with E-state index in [2.05, 4.69) is 15.9 Å². The van der Waals surface area contributed by atoms with E-state index in [-0.39, 0.29) is 29.6 Å². The van der Waals surface area contributed by atoms with Crippen LogP contribution in [0.15, 0.2) is 58.8 Å². The number of fused-ring (bicyclic) bond motifs is 2. The van der Waals surface area contributed by atoms with Gasteiger partial charge >= 0.3 is 5.97 Å². The Morgan fingerprint density at radius 2 is 2.00 bits per heavy atom. The molecule has 0 saturated carbocycles. The summed E-state index contributed by atoms with van der Waals surface area (Å²) in [6.45, 7) is 2.21. The molecule has 2 aliphatic heterocycles. The summed E-state index contributed by atoms with van der Waals surface area (Å²) >= 11 is 3.46. The number of hydrogen-bond donors (Lipinski definition) is 0. The minimum absolute atomic E-state index is 0.0795. The predicted molar refractivity (Wildman–Crippen MR) is 120 cm³/mol. The third kappa shape index (κ3) is 4.03. The molecule has 2 aliphatic rings. The molecule has 3 aromatic carbocycles. The van der Waals surface area contributed by atoms with Crippen LogP contribution >= 0.6 is 15.9 Å². The van der Waals surface area contributed by atoms with Gasteiger partial charge in [0.05, 0.1) is 17.7 Å². The lowest BCUT2D eigenvalue weighted by Crippen LogP contribution is -2.12. The zero-order valence-electron chi connectivity index (χ0n) is 17.3. The van der Waals surface area contributed by atoms with Crippen molar-refractivity contribution in [2.75, 3.05) is 6.79 Å². The van der Waals surface area contributed by atoms with E-state index in [1.54, 1.807) is 19.1 Å². The second kappa shape index (κ2) is 8.46. The first-order valence-corrected chi connectivity index (χ1v) is 10.8. The lowest BCUT2D eigenvalue weighted by atomic mass is 10.0. The SMILES string of the molecule is Cc1c(OC(=O)c2cccc(F)c2)ccc2c1O/C(=C\c1cc(Br)cc3c1OCOC3)C2=O. The fourth-order valence-corrected chi connectivity index (χ4v) is 4.23. The van der Waals surface area contributed by atoms with Crippen molar-refractivity contribution in [2.24, 2.45) is 0 Å². The molecule has 0 amide bonds. The molecule has 0 saturated heterocycles. The van der Waals surface area contributed by atoms with E-state index < -0.39 is 11.8 Å². The monoisotopic (exact) mass is 510 g/mol. The van der Waals surface area contributed by atoms with Gasteiger partial charge in [0.2, 0.25) is 5.78 Å². The molecule has 166 valence electrons.